The van der Waals surface area contributed by atoms with E-state index in [-0.39, 0.29) is 5.82 Å². The molecule has 4 nitrogen and oxygen atoms in total. The van der Waals surface area contributed by atoms with Crippen LogP contribution in [0.5, 0.6) is 0 Å². The van der Waals surface area contributed by atoms with E-state index in [4.69, 9.17) is 5.73 Å². The quantitative estimate of drug-likeness (QED) is 0.779. The summed E-state index contributed by atoms with van der Waals surface area (Å²) >= 11 is 0. The molecule has 2 N–H and O–H groups in total. The molecule has 0 bridgehead atoms. The van der Waals surface area contributed by atoms with Gasteiger partial charge in [0.25, 0.3) is 0 Å². The second-order valence-corrected chi connectivity index (χ2v) is 4.34. The van der Waals surface area contributed by atoms with E-state index in [9.17, 15) is 4.39 Å². The average Bonchev–Trinajstić information content (AvgIpc) is 2.82. The Morgan fingerprint density at radius 2 is 2.05 bits per heavy atom. The van der Waals surface area contributed by atoms with Crippen LogP contribution in [0.1, 0.15) is 17.0 Å². The Bertz CT molecular complexity index is 720. The molecule has 0 unspecified atom stereocenters. The van der Waals surface area contributed by atoms with E-state index in [1.54, 1.807) is 22.7 Å². The molecule has 3 rings (SSSR count). The maximum atomic E-state index is 13.6. The Morgan fingerprint density at radius 1 is 1.21 bits per heavy atom. The van der Waals surface area contributed by atoms with Gasteiger partial charge < -0.3 is 5.73 Å². The van der Waals surface area contributed by atoms with Crippen LogP contribution in [-0.2, 0) is 13.0 Å². The van der Waals surface area contributed by atoms with Crippen LogP contribution in [0.4, 0.5) is 4.39 Å². The lowest BCUT2D eigenvalue weighted by Crippen LogP contribution is -1.97. The van der Waals surface area contributed by atoms with Crippen LogP contribution in [0.15, 0.2) is 42.6 Å². The summed E-state index contributed by atoms with van der Waals surface area (Å²) in [5.41, 5.74) is 7.91. The zero-order valence-corrected chi connectivity index (χ0v) is 10.3. The molecular weight excluding hydrogens is 243 g/mol. The van der Waals surface area contributed by atoms with E-state index in [1.165, 1.54) is 6.07 Å². The minimum atomic E-state index is -0.232. The van der Waals surface area contributed by atoms with Gasteiger partial charge in [-0.15, -0.1) is 0 Å². The molecule has 0 amide bonds. The molecule has 19 heavy (non-hydrogen) atoms. The maximum absolute atomic E-state index is 13.6. The standard InChI is InChI=1S/C14H13FN4/c15-12-4-2-1-3-11(12)8-13-17-14-7-10(9-16)5-6-19(14)18-13/h1-7H,8-9,16H2. The van der Waals surface area contributed by atoms with E-state index in [2.05, 4.69) is 10.1 Å². The molecule has 0 aliphatic rings. The highest BCUT2D eigenvalue weighted by Gasteiger charge is 2.08. The van der Waals surface area contributed by atoms with E-state index in [1.807, 2.05) is 18.3 Å². The second-order valence-electron chi connectivity index (χ2n) is 4.34. The van der Waals surface area contributed by atoms with Crippen molar-refractivity contribution < 1.29 is 4.39 Å². The first kappa shape index (κ1) is 11.8. The van der Waals surface area contributed by atoms with E-state index in [0.717, 1.165) is 11.2 Å². The van der Waals surface area contributed by atoms with E-state index >= 15 is 0 Å². The van der Waals surface area contributed by atoms with Crippen LogP contribution in [0.3, 0.4) is 0 Å². The fourth-order valence-corrected chi connectivity index (χ4v) is 1.98. The van der Waals surface area contributed by atoms with Crippen LogP contribution in [0.25, 0.3) is 5.65 Å². The molecule has 5 heteroatoms. The third-order valence-electron chi connectivity index (χ3n) is 2.99. The summed E-state index contributed by atoms with van der Waals surface area (Å²) in [7, 11) is 0. The van der Waals surface area contributed by atoms with Gasteiger partial charge in [-0.3, -0.25) is 0 Å². The Hall–Kier alpha value is -2.27. The molecule has 2 heterocycles. The van der Waals surface area contributed by atoms with Crippen molar-refractivity contribution in [3.05, 3.63) is 65.4 Å². The van der Waals surface area contributed by atoms with Gasteiger partial charge in [0.05, 0.1) is 0 Å². The number of aromatic nitrogens is 3. The number of nitrogens with zero attached hydrogens (tertiary/aromatic N) is 3. The van der Waals surface area contributed by atoms with Crippen molar-refractivity contribution in [2.45, 2.75) is 13.0 Å². The molecule has 0 saturated heterocycles. The third-order valence-corrected chi connectivity index (χ3v) is 2.99. The van der Waals surface area contributed by atoms with E-state index < -0.39 is 0 Å². The number of hydrogen-bond acceptors (Lipinski definition) is 3. The van der Waals surface area contributed by atoms with Gasteiger partial charge in [-0.25, -0.2) is 13.9 Å². The molecule has 0 saturated carbocycles. The molecule has 0 aliphatic heterocycles. The van der Waals surface area contributed by atoms with Crippen molar-refractivity contribution in [2.24, 2.45) is 5.73 Å². The summed E-state index contributed by atoms with van der Waals surface area (Å²) in [6.45, 7) is 0.464. The first-order chi connectivity index (χ1) is 9.26. The number of hydrogen-bond donors (Lipinski definition) is 1. The first-order valence-electron chi connectivity index (χ1n) is 6.04. The van der Waals surface area contributed by atoms with Crippen molar-refractivity contribution in [1.29, 1.82) is 0 Å². The maximum Gasteiger partial charge on any atom is 0.156 e. The number of fused-ring (bicyclic) bond motifs is 1. The Labute approximate surface area is 109 Å². The molecule has 0 atom stereocenters. The highest BCUT2D eigenvalue weighted by Crippen LogP contribution is 2.12. The molecule has 0 spiro atoms. The summed E-state index contributed by atoms with van der Waals surface area (Å²) in [5.74, 6) is 0.364. The lowest BCUT2D eigenvalue weighted by Gasteiger charge is -1.97. The van der Waals surface area contributed by atoms with Crippen LogP contribution in [0.2, 0.25) is 0 Å². The van der Waals surface area contributed by atoms with Gasteiger partial charge in [-0.05, 0) is 29.3 Å². The molecular formula is C14H13FN4. The van der Waals surface area contributed by atoms with Gasteiger partial charge in [0.15, 0.2) is 11.5 Å². The molecule has 96 valence electrons. The predicted molar refractivity (Wildman–Crippen MR) is 70.1 cm³/mol. The van der Waals surface area contributed by atoms with Gasteiger partial charge >= 0.3 is 0 Å². The highest BCUT2D eigenvalue weighted by atomic mass is 19.1. The van der Waals surface area contributed by atoms with Crippen LogP contribution in [0, 0.1) is 5.82 Å². The smallest absolute Gasteiger partial charge is 0.156 e. The van der Waals surface area contributed by atoms with Gasteiger partial charge in [0.2, 0.25) is 0 Å². The van der Waals surface area contributed by atoms with Gasteiger partial charge in [0.1, 0.15) is 5.82 Å². The normalized spacial score (nSPS) is 11.1. The first-order valence-corrected chi connectivity index (χ1v) is 6.04. The van der Waals surface area contributed by atoms with Gasteiger partial charge in [0, 0.05) is 19.2 Å². The molecule has 3 aromatic rings. The molecule has 1 aromatic carbocycles. The Kier molecular flexibility index (Phi) is 2.97. The SMILES string of the molecule is NCc1ccn2nc(Cc3ccccc3F)nc2c1. The van der Waals surface area contributed by atoms with Crippen LogP contribution in [-0.4, -0.2) is 14.6 Å². The summed E-state index contributed by atoms with van der Waals surface area (Å²) in [4.78, 5) is 4.39. The number of nitrogens with two attached hydrogens (primary N) is 1. The summed E-state index contributed by atoms with van der Waals surface area (Å²) < 4.78 is 15.2. The van der Waals surface area contributed by atoms with E-state index in [0.29, 0.717) is 24.4 Å². The fraction of sp³-hybridized carbons (Fsp3) is 0.143. The van der Waals surface area contributed by atoms with Crippen LogP contribution >= 0.6 is 0 Å². The fourth-order valence-electron chi connectivity index (χ4n) is 1.98. The third kappa shape index (κ3) is 2.32. The molecule has 0 fully saturated rings. The number of benzene rings is 1. The van der Waals surface area contributed by atoms with Crippen molar-refractivity contribution >= 4 is 5.65 Å². The van der Waals surface area contributed by atoms with Gasteiger partial charge in [-0.1, -0.05) is 18.2 Å². The van der Waals surface area contributed by atoms with Crippen molar-refractivity contribution in [1.82, 2.24) is 14.6 Å². The second kappa shape index (κ2) is 4.78. The summed E-state index contributed by atoms with van der Waals surface area (Å²) in [5, 5.41) is 4.32. The van der Waals surface area contributed by atoms with Crippen molar-refractivity contribution in [3.63, 3.8) is 0 Å². The zero-order chi connectivity index (χ0) is 13.2. The minimum absolute atomic E-state index is 0.232. The number of pyridine rings is 1. The Balaban J connectivity index is 1.95. The summed E-state index contributed by atoms with van der Waals surface area (Å²) in [6, 6.07) is 10.4. The monoisotopic (exact) mass is 256 g/mol. The Morgan fingerprint density at radius 3 is 2.84 bits per heavy atom. The lowest BCUT2D eigenvalue weighted by atomic mass is 10.1. The highest BCUT2D eigenvalue weighted by molar-refractivity contribution is 5.41. The van der Waals surface area contributed by atoms with Crippen molar-refractivity contribution in [3.8, 4) is 0 Å². The predicted octanol–water partition coefficient (Wildman–Crippen LogP) is 1.92. The number of rotatable bonds is 3. The molecule has 0 aliphatic carbocycles. The number of halogens is 1. The zero-order valence-electron chi connectivity index (χ0n) is 10.3. The lowest BCUT2D eigenvalue weighted by molar-refractivity contribution is 0.612. The average molecular weight is 256 g/mol. The van der Waals surface area contributed by atoms with Gasteiger partial charge in [-0.2, -0.15) is 5.10 Å². The molecule has 0 radical (unpaired) electrons. The van der Waals surface area contributed by atoms with Crippen LogP contribution < -0.4 is 5.73 Å². The minimum Gasteiger partial charge on any atom is -0.326 e. The largest absolute Gasteiger partial charge is 0.326 e. The topological polar surface area (TPSA) is 56.2 Å². The molecule has 2 aromatic heterocycles. The van der Waals surface area contributed by atoms with Crippen molar-refractivity contribution in [2.75, 3.05) is 0 Å². The summed E-state index contributed by atoms with van der Waals surface area (Å²) in [6.07, 6.45) is 2.20.